The molecular weight excluding hydrogens is 617 g/mol. The zero-order valence-corrected chi connectivity index (χ0v) is 30.9. The monoisotopic (exact) mass is 662 g/mol. The van der Waals surface area contributed by atoms with Gasteiger partial charge in [-0.05, 0) is 25.7 Å². The second-order valence-electron chi connectivity index (χ2n) is 8.72. The summed E-state index contributed by atoms with van der Waals surface area (Å²) in [5.41, 5.74) is 0. The van der Waals surface area contributed by atoms with E-state index in [1.807, 2.05) is 0 Å². The van der Waals surface area contributed by atoms with Gasteiger partial charge in [0.05, 0.1) is 0 Å². The Morgan fingerprint density at radius 3 is 0.707 bits per heavy atom. The van der Waals surface area contributed by atoms with Crippen LogP contribution in [0.25, 0.3) is 0 Å². The van der Waals surface area contributed by atoms with Crippen LogP contribution in [0.4, 0.5) is 0 Å². The molecule has 0 fully saturated rings. The Balaban J connectivity index is -0.0000000806. The van der Waals surface area contributed by atoms with Gasteiger partial charge in [-0.3, -0.25) is 16.8 Å². The van der Waals surface area contributed by atoms with E-state index in [0.29, 0.717) is 0 Å². The minimum atomic E-state index is -5.17. The summed E-state index contributed by atoms with van der Waals surface area (Å²) in [5, 5.41) is 20.2. The van der Waals surface area contributed by atoms with E-state index in [4.69, 9.17) is 35.0 Å². The number of hydrogen-bond acceptors (Lipinski definition) is 12. The number of aliphatic carboxylic acids is 2. The quantitative estimate of drug-likeness (QED) is 0.0779. The molecule has 0 rings (SSSR count). The molecule has 0 aliphatic carbocycles. The van der Waals surface area contributed by atoms with Crippen LogP contribution >= 0.6 is 0 Å². The van der Waals surface area contributed by atoms with E-state index in [1.165, 1.54) is 89.9 Å². The van der Waals surface area contributed by atoms with Crippen LogP contribution in [0.1, 0.15) is 142 Å². The Morgan fingerprint density at radius 1 is 0.415 bits per heavy atom. The number of unbranched alkanes of at least 4 members (excludes halogenated alkanes) is 16. The third-order valence-electron chi connectivity index (χ3n) is 4.97. The fraction of sp³-hybridized carbons (Fsp3) is 0.917. The predicted molar refractivity (Wildman–Crippen MR) is 152 cm³/mol. The maximum absolute atomic E-state index is 10.1. The molecule has 0 atom stereocenters. The summed E-state index contributed by atoms with van der Waals surface area (Å²) in [6, 6.07) is 0. The first kappa shape index (κ1) is 57.6. The summed E-state index contributed by atoms with van der Waals surface area (Å²) in [7, 11) is -10.3. The minimum absolute atomic E-state index is 0. The smallest absolute Gasteiger partial charge is 0.759 e. The molecule has 0 aromatic heterocycles. The number of rotatable bonds is 20. The minimum Gasteiger partial charge on any atom is -0.759 e. The molecule has 41 heavy (non-hydrogen) atoms. The standard InChI is InChI=1S/2C12H24O2.3Mg.2H2O4S/c2*1-2-3-4-5-6-7-8-9-10-11-12(13)14;;;;2*1-5(2,3)4/h2*2-11H2,1H3,(H,13,14);;;;2*(H2,1,2,3,4)/q;;3*+2;;/p-6. The van der Waals surface area contributed by atoms with Gasteiger partial charge in [0.1, 0.15) is 0 Å². The molecule has 0 aliphatic rings. The molecule has 0 N–H and O–H groups in total. The summed E-state index contributed by atoms with van der Waals surface area (Å²) in [4.78, 5) is 20.2. The Labute approximate surface area is 296 Å². The van der Waals surface area contributed by atoms with Crippen molar-refractivity contribution in [3.8, 4) is 0 Å². The van der Waals surface area contributed by atoms with Gasteiger partial charge in [-0.15, -0.1) is 0 Å². The Morgan fingerprint density at radius 2 is 0.561 bits per heavy atom. The largest absolute Gasteiger partial charge is 2.00 e. The zero-order valence-electron chi connectivity index (χ0n) is 25.0. The normalized spacial score (nSPS) is 9.90. The van der Waals surface area contributed by atoms with Gasteiger partial charge in [-0.2, -0.15) is 0 Å². The van der Waals surface area contributed by atoms with Gasteiger partial charge in [-0.25, -0.2) is 0 Å². The van der Waals surface area contributed by atoms with Crippen LogP contribution in [0.2, 0.25) is 0 Å². The molecule has 232 valence electrons. The van der Waals surface area contributed by atoms with E-state index in [9.17, 15) is 19.8 Å². The third kappa shape index (κ3) is 118. The van der Waals surface area contributed by atoms with Crippen LogP contribution in [0.3, 0.4) is 0 Å². The van der Waals surface area contributed by atoms with Gasteiger partial charge >= 0.3 is 69.2 Å². The first-order chi connectivity index (χ1) is 17.5. The summed E-state index contributed by atoms with van der Waals surface area (Å²) < 4.78 is 68.2. The van der Waals surface area contributed by atoms with Crippen LogP contribution in [0, 0.1) is 0 Å². The number of hydrogen-bond donors (Lipinski definition) is 0. The van der Waals surface area contributed by atoms with Gasteiger partial charge in [-0.1, -0.05) is 117 Å². The van der Waals surface area contributed by atoms with E-state index in [1.54, 1.807) is 0 Å². The molecule has 0 saturated heterocycles. The Bertz CT molecular complexity index is 660. The average molecular weight is 664 g/mol. The Kier molecular flexibility index (Phi) is 60.6. The molecule has 0 aromatic rings. The maximum atomic E-state index is 10.1. The average Bonchev–Trinajstić information content (AvgIpc) is 2.75. The van der Waals surface area contributed by atoms with Crippen molar-refractivity contribution in [1.82, 2.24) is 0 Å². The zero-order chi connectivity index (χ0) is 30.3. The fourth-order valence-corrected chi connectivity index (χ4v) is 3.16. The van der Waals surface area contributed by atoms with Crippen LogP contribution in [0.15, 0.2) is 0 Å². The molecule has 0 aliphatic heterocycles. The number of carbonyl (C=O) groups is 2. The molecule has 0 amide bonds. The van der Waals surface area contributed by atoms with Crippen molar-refractivity contribution in [1.29, 1.82) is 0 Å². The molecular formula is C24H46Mg3O12S2. The number of carboxylic acids is 2. The second-order valence-corrected chi connectivity index (χ2v) is 10.4. The Hall–Kier alpha value is 0.979. The summed E-state index contributed by atoms with van der Waals surface area (Å²) in [6.45, 7) is 4.44. The van der Waals surface area contributed by atoms with Crippen LogP contribution in [-0.4, -0.2) is 116 Å². The first-order valence-corrected chi connectivity index (χ1v) is 15.9. The van der Waals surface area contributed by atoms with Gasteiger partial charge in [0.25, 0.3) is 0 Å². The third-order valence-corrected chi connectivity index (χ3v) is 4.97. The SMILES string of the molecule is CCCCCCCCCCCC(=O)[O-].CCCCCCCCCCCC(=O)[O-].O=S(=O)([O-])[O-].O=S(=O)([O-])[O-].[Mg+2].[Mg+2].[Mg+2]. The van der Waals surface area contributed by atoms with E-state index < -0.39 is 32.7 Å². The van der Waals surface area contributed by atoms with E-state index >= 15 is 0 Å². The van der Waals surface area contributed by atoms with Crippen LogP contribution in [-0.2, 0) is 30.4 Å². The van der Waals surface area contributed by atoms with Crippen molar-refractivity contribution in [3.05, 3.63) is 0 Å². The molecule has 0 spiro atoms. The van der Waals surface area contributed by atoms with Crippen molar-refractivity contribution >= 4 is 102 Å². The number of carboxylic acid groups (broad SMARTS) is 2. The molecule has 0 bridgehead atoms. The number of carbonyl (C=O) groups excluding carboxylic acids is 2. The van der Waals surface area contributed by atoms with Crippen LogP contribution in [0.5, 0.6) is 0 Å². The van der Waals surface area contributed by atoms with Gasteiger partial charge in [0, 0.05) is 32.7 Å². The van der Waals surface area contributed by atoms with Crippen LogP contribution < -0.4 is 10.2 Å². The topological polar surface area (TPSA) is 241 Å². The first-order valence-electron chi connectivity index (χ1n) is 13.3. The van der Waals surface area contributed by atoms with Crippen molar-refractivity contribution in [2.24, 2.45) is 0 Å². The molecule has 0 radical (unpaired) electrons. The van der Waals surface area contributed by atoms with Gasteiger partial charge in [0.15, 0.2) is 0 Å². The summed E-state index contributed by atoms with van der Waals surface area (Å²) in [6.07, 6.45) is 22.3. The van der Waals surface area contributed by atoms with Crippen molar-refractivity contribution in [2.45, 2.75) is 142 Å². The summed E-state index contributed by atoms with van der Waals surface area (Å²) in [5.74, 6) is -1.82. The molecule has 17 heteroatoms. The summed E-state index contributed by atoms with van der Waals surface area (Å²) >= 11 is 0. The van der Waals surface area contributed by atoms with E-state index in [-0.39, 0.29) is 82.0 Å². The van der Waals surface area contributed by atoms with E-state index in [2.05, 4.69) is 13.8 Å². The second kappa shape index (κ2) is 43.1. The molecule has 0 aromatic carbocycles. The molecule has 0 unspecified atom stereocenters. The fourth-order valence-electron chi connectivity index (χ4n) is 3.16. The van der Waals surface area contributed by atoms with Crippen molar-refractivity contribution < 1.29 is 54.8 Å². The molecule has 0 saturated carbocycles. The maximum Gasteiger partial charge on any atom is 2.00 e. The van der Waals surface area contributed by atoms with Gasteiger partial charge in [0.2, 0.25) is 0 Å². The van der Waals surface area contributed by atoms with E-state index in [0.717, 1.165) is 25.7 Å². The van der Waals surface area contributed by atoms with Crippen molar-refractivity contribution in [2.75, 3.05) is 0 Å². The molecule has 0 heterocycles. The molecule has 12 nitrogen and oxygen atoms in total. The van der Waals surface area contributed by atoms with Crippen molar-refractivity contribution in [3.63, 3.8) is 0 Å². The van der Waals surface area contributed by atoms with Gasteiger partial charge < -0.3 is 38.0 Å². The predicted octanol–water partition coefficient (Wildman–Crippen LogP) is 1.50.